The lowest BCUT2D eigenvalue weighted by atomic mass is 9.86. The van der Waals surface area contributed by atoms with Crippen LogP contribution in [-0.2, 0) is 19.2 Å². The highest BCUT2D eigenvalue weighted by Crippen LogP contribution is 2.37. The Hall–Kier alpha value is -3.36. The summed E-state index contributed by atoms with van der Waals surface area (Å²) in [6, 6.07) is 14.8. The molecule has 0 spiro atoms. The molecular formula is C26H29NO11. The topological polar surface area (TPSA) is 179 Å². The zero-order valence-corrected chi connectivity index (χ0v) is 20.6. The van der Waals surface area contributed by atoms with Crippen LogP contribution in [0.1, 0.15) is 30.4 Å². The second-order valence-electron chi connectivity index (χ2n) is 9.00. The van der Waals surface area contributed by atoms with Gasteiger partial charge in [0.05, 0.1) is 24.1 Å². The van der Waals surface area contributed by atoms with Crippen LogP contribution in [0.2, 0.25) is 0 Å². The number of aliphatic carboxylic acids is 1. The van der Waals surface area contributed by atoms with Crippen molar-refractivity contribution in [2.75, 3.05) is 7.11 Å². The molecule has 5 N–H and O–H groups in total. The number of hydrogen-bond acceptors (Lipinski definition) is 11. The van der Waals surface area contributed by atoms with E-state index in [1.165, 1.54) is 7.11 Å². The number of carboxylic acid groups (broad SMARTS) is 1. The molecule has 7 atom stereocenters. The number of benzene rings is 2. The molecule has 1 aliphatic rings. The Balaban J connectivity index is 1.65. The number of hydroxylamine groups is 2. The van der Waals surface area contributed by atoms with Crippen LogP contribution in [0, 0.1) is 0 Å². The number of aliphatic hydroxyl groups is 3. The van der Waals surface area contributed by atoms with Crippen LogP contribution in [0.3, 0.4) is 0 Å². The summed E-state index contributed by atoms with van der Waals surface area (Å²) in [5, 5.41) is 52.0. The van der Waals surface area contributed by atoms with E-state index in [4.69, 9.17) is 18.8 Å². The third-order valence-corrected chi connectivity index (χ3v) is 6.51. The standard InChI is InChI=1S/C26H29NO11/c1-13(27(35-2)38-26-22(31)20(29)21(30)23(37-26)24(32)33)12-16(14-8-4-3-5-9-14)18-19(28)15-10-6-7-11-17(15)36-25(18)34/h3-11,13,16,20-23,26,28-31H,12H2,1-2H3,(H,32,33)/t13?,16?,20-,21+,22+,23-,26?/m0/s1. The second kappa shape index (κ2) is 11.6. The molecule has 0 radical (unpaired) electrons. The van der Waals surface area contributed by atoms with Crippen molar-refractivity contribution in [3.05, 3.63) is 76.1 Å². The average Bonchev–Trinajstić information content (AvgIpc) is 2.91. The van der Waals surface area contributed by atoms with Crippen LogP contribution < -0.4 is 5.63 Å². The van der Waals surface area contributed by atoms with Crippen LogP contribution in [0.15, 0.2) is 63.8 Å². The molecule has 1 fully saturated rings. The second-order valence-corrected chi connectivity index (χ2v) is 9.00. The van der Waals surface area contributed by atoms with E-state index in [0.717, 1.165) is 5.23 Å². The molecule has 4 rings (SSSR count). The zero-order chi connectivity index (χ0) is 27.6. The molecule has 0 saturated carbocycles. The Bertz CT molecular complexity index is 1310. The summed E-state index contributed by atoms with van der Waals surface area (Å²) in [4.78, 5) is 35.3. The zero-order valence-electron chi connectivity index (χ0n) is 20.6. The largest absolute Gasteiger partial charge is 0.507 e. The van der Waals surface area contributed by atoms with Gasteiger partial charge in [-0.3, -0.25) is 4.84 Å². The normalized spacial score (nSPS) is 25.4. The van der Waals surface area contributed by atoms with Gasteiger partial charge in [-0.05, 0) is 31.0 Å². The Morgan fingerprint density at radius 2 is 1.68 bits per heavy atom. The molecule has 0 bridgehead atoms. The fraction of sp³-hybridized carbons (Fsp3) is 0.385. The van der Waals surface area contributed by atoms with Gasteiger partial charge in [-0.2, -0.15) is 0 Å². The highest BCUT2D eigenvalue weighted by molar-refractivity contribution is 5.84. The van der Waals surface area contributed by atoms with Crippen molar-refractivity contribution in [1.82, 2.24) is 5.23 Å². The predicted molar refractivity (Wildman–Crippen MR) is 131 cm³/mol. The minimum atomic E-state index is -1.88. The molecule has 204 valence electrons. The van der Waals surface area contributed by atoms with E-state index in [2.05, 4.69) is 0 Å². The first kappa shape index (κ1) is 27.7. The lowest BCUT2D eigenvalue weighted by Crippen LogP contribution is -2.61. The molecule has 38 heavy (non-hydrogen) atoms. The van der Waals surface area contributed by atoms with Gasteiger partial charge in [-0.25, -0.2) is 14.4 Å². The molecule has 3 aromatic rings. The Labute approximate surface area is 216 Å². The van der Waals surface area contributed by atoms with Gasteiger partial charge in [-0.1, -0.05) is 47.7 Å². The summed E-state index contributed by atoms with van der Waals surface area (Å²) in [6.07, 6.45) is -8.99. The van der Waals surface area contributed by atoms with Crippen LogP contribution in [0.5, 0.6) is 5.75 Å². The number of fused-ring (bicyclic) bond motifs is 1. The average molecular weight is 532 g/mol. The minimum absolute atomic E-state index is 0.0243. The highest BCUT2D eigenvalue weighted by atomic mass is 17.0. The maximum atomic E-state index is 13.1. The minimum Gasteiger partial charge on any atom is -0.507 e. The molecule has 2 aromatic carbocycles. The first-order valence-electron chi connectivity index (χ1n) is 11.9. The van der Waals surface area contributed by atoms with Crippen LogP contribution in [0.4, 0.5) is 0 Å². The summed E-state index contributed by atoms with van der Waals surface area (Å²) in [7, 11) is 1.26. The maximum absolute atomic E-state index is 13.1. The SMILES string of the molecule is CON(OC1O[C@H](C(=O)O)[C@H](O)[C@H](O)[C@H]1O)C(C)CC(c1ccccc1)c1c(O)c2ccccc2oc1=O. The van der Waals surface area contributed by atoms with Crippen molar-refractivity contribution >= 4 is 16.9 Å². The van der Waals surface area contributed by atoms with Crippen molar-refractivity contribution in [3.8, 4) is 5.75 Å². The number of aliphatic hydroxyl groups excluding tert-OH is 3. The summed E-state index contributed by atoms with van der Waals surface area (Å²) >= 11 is 0. The summed E-state index contributed by atoms with van der Waals surface area (Å²) in [5.41, 5.74) is 0.222. The molecule has 0 amide bonds. The molecule has 0 aliphatic carbocycles. The number of rotatable bonds is 9. The summed E-state index contributed by atoms with van der Waals surface area (Å²) in [6.45, 7) is 1.66. The molecule has 1 saturated heterocycles. The van der Waals surface area contributed by atoms with Crippen LogP contribution in [0.25, 0.3) is 11.0 Å². The van der Waals surface area contributed by atoms with Crippen molar-refractivity contribution in [1.29, 1.82) is 0 Å². The van der Waals surface area contributed by atoms with Crippen molar-refractivity contribution in [2.24, 2.45) is 0 Å². The third-order valence-electron chi connectivity index (χ3n) is 6.51. The summed E-state index contributed by atoms with van der Waals surface area (Å²) < 4.78 is 10.7. The van der Waals surface area contributed by atoms with E-state index in [0.29, 0.717) is 10.9 Å². The summed E-state index contributed by atoms with van der Waals surface area (Å²) in [5.74, 6) is -2.49. The van der Waals surface area contributed by atoms with Crippen molar-refractivity contribution < 1.29 is 49.2 Å². The lowest BCUT2D eigenvalue weighted by Gasteiger charge is -2.40. The fourth-order valence-corrected chi connectivity index (χ4v) is 4.56. The van der Waals surface area contributed by atoms with Gasteiger partial charge in [0.15, 0.2) is 6.10 Å². The molecule has 3 unspecified atom stereocenters. The smallest absolute Gasteiger partial charge is 0.343 e. The van der Waals surface area contributed by atoms with Gasteiger partial charge >= 0.3 is 11.6 Å². The monoisotopic (exact) mass is 531 g/mol. The van der Waals surface area contributed by atoms with E-state index in [1.54, 1.807) is 61.5 Å². The first-order chi connectivity index (χ1) is 18.1. The fourth-order valence-electron chi connectivity index (χ4n) is 4.56. The third kappa shape index (κ3) is 5.42. The molecule has 1 aromatic heterocycles. The van der Waals surface area contributed by atoms with Gasteiger partial charge in [0.25, 0.3) is 0 Å². The quantitative estimate of drug-likeness (QED) is 0.196. The Morgan fingerprint density at radius 1 is 1.03 bits per heavy atom. The number of carbonyl (C=O) groups is 1. The molecule has 12 nitrogen and oxygen atoms in total. The van der Waals surface area contributed by atoms with Gasteiger partial charge in [0.2, 0.25) is 6.29 Å². The van der Waals surface area contributed by atoms with Gasteiger partial charge in [-0.15, -0.1) is 0 Å². The molecule has 2 heterocycles. The van der Waals surface area contributed by atoms with Crippen LogP contribution in [-0.4, -0.2) is 80.6 Å². The van der Waals surface area contributed by atoms with E-state index < -0.39 is 54.3 Å². The van der Waals surface area contributed by atoms with Gasteiger partial charge < -0.3 is 34.7 Å². The number of nitrogens with zero attached hydrogens (tertiary/aromatic N) is 1. The van der Waals surface area contributed by atoms with E-state index in [9.17, 15) is 35.1 Å². The van der Waals surface area contributed by atoms with Crippen molar-refractivity contribution in [2.45, 2.75) is 56.0 Å². The predicted octanol–water partition coefficient (Wildman–Crippen LogP) is 1.10. The number of aromatic hydroxyl groups is 1. The maximum Gasteiger partial charge on any atom is 0.343 e. The van der Waals surface area contributed by atoms with Gasteiger partial charge in [0.1, 0.15) is 29.6 Å². The molecule has 12 heteroatoms. The van der Waals surface area contributed by atoms with Crippen LogP contribution >= 0.6 is 0 Å². The molecule has 1 aliphatic heterocycles. The van der Waals surface area contributed by atoms with E-state index in [1.807, 2.05) is 0 Å². The number of para-hydroxylation sites is 1. The van der Waals surface area contributed by atoms with Crippen molar-refractivity contribution in [3.63, 3.8) is 0 Å². The Morgan fingerprint density at radius 3 is 2.34 bits per heavy atom. The number of hydrogen-bond donors (Lipinski definition) is 5. The van der Waals surface area contributed by atoms with E-state index in [-0.39, 0.29) is 23.3 Å². The highest BCUT2D eigenvalue weighted by Gasteiger charge is 2.48. The lowest BCUT2D eigenvalue weighted by molar-refractivity contribution is -0.451. The first-order valence-corrected chi connectivity index (χ1v) is 11.9. The Kier molecular flexibility index (Phi) is 8.43. The van der Waals surface area contributed by atoms with E-state index >= 15 is 0 Å². The molecular weight excluding hydrogens is 502 g/mol. The number of ether oxygens (including phenoxy) is 1. The van der Waals surface area contributed by atoms with Gasteiger partial charge in [0, 0.05) is 5.92 Å². The number of carboxylic acids is 1.